The summed E-state index contributed by atoms with van der Waals surface area (Å²) in [6.07, 6.45) is 2.25. The minimum atomic E-state index is 0.204. The summed E-state index contributed by atoms with van der Waals surface area (Å²) in [4.78, 5) is 14.0. The van der Waals surface area contributed by atoms with Crippen molar-refractivity contribution in [1.29, 1.82) is 0 Å². The van der Waals surface area contributed by atoms with Crippen molar-refractivity contribution in [3.05, 3.63) is 59.2 Å². The third kappa shape index (κ3) is 2.81. The summed E-state index contributed by atoms with van der Waals surface area (Å²) in [7, 11) is 3.33. The molecule has 2 aromatic carbocycles. The number of ether oxygens (including phenoxy) is 2. The van der Waals surface area contributed by atoms with Crippen LogP contribution in [0.5, 0.6) is 11.5 Å². The molecular formula is C21H24NO3+. The highest BCUT2D eigenvalue weighted by Crippen LogP contribution is 2.37. The maximum Gasteiger partial charge on any atom is 0.161 e. The van der Waals surface area contributed by atoms with E-state index in [1.165, 1.54) is 21.6 Å². The number of methoxy groups -OCH3 is 2. The van der Waals surface area contributed by atoms with Crippen LogP contribution >= 0.6 is 0 Å². The van der Waals surface area contributed by atoms with Crippen molar-refractivity contribution in [2.45, 2.75) is 31.3 Å². The summed E-state index contributed by atoms with van der Waals surface area (Å²) < 4.78 is 11.0. The lowest BCUT2D eigenvalue weighted by Gasteiger charge is -2.42. The Morgan fingerprint density at radius 3 is 2.36 bits per heavy atom. The van der Waals surface area contributed by atoms with Crippen molar-refractivity contribution in [3.63, 3.8) is 0 Å². The predicted molar refractivity (Wildman–Crippen MR) is 95.2 cm³/mol. The van der Waals surface area contributed by atoms with Crippen molar-refractivity contribution in [1.82, 2.24) is 0 Å². The van der Waals surface area contributed by atoms with E-state index in [1.807, 2.05) is 6.07 Å². The summed E-state index contributed by atoms with van der Waals surface area (Å²) in [5.41, 5.74) is 3.79. The normalized spacial score (nSPS) is 25.0. The Kier molecular flexibility index (Phi) is 4.22. The number of piperidine rings is 1. The van der Waals surface area contributed by atoms with Crippen LogP contribution in [0.3, 0.4) is 0 Å². The van der Waals surface area contributed by atoms with Gasteiger partial charge >= 0.3 is 0 Å². The largest absolute Gasteiger partial charge is 0.493 e. The maximum absolute atomic E-state index is 12.5. The maximum atomic E-state index is 12.5. The molecule has 130 valence electrons. The third-order valence-corrected chi connectivity index (χ3v) is 5.66. The fourth-order valence-corrected chi connectivity index (χ4v) is 4.48. The zero-order valence-corrected chi connectivity index (χ0v) is 14.7. The summed E-state index contributed by atoms with van der Waals surface area (Å²) in [5.74, 6) is 1.87. The molecule has 2 aliphatic rings. The molecule has 1 N–H and O–H groups in total. The van der Waals surface area contributed by atoms with E-state index in [2.05, 4.69) is 36.4 Å². The first-order chi connectivity index (χ1) is 12.2. The highest BCUT2D eigenvalue weighted by molar-refractivity contribution is 5.80. The number of rotatable bonds is 3. The molecule has 4 nitrogen and oxygen atoms in total. The molecule has 2 heterocycles. The van der Waals surface area contributed by atoms with Gasteiger partial charge in [-0.3, -0.25) is 4.79 Å². The molecule has 1 fully saturated rings. The lowest BCUT2D eigenvalue weighted by molar-refractivity contribution is -0.965. The molecule has 0 aliphatic carbocycles. The number of Topliss-reactive ketones (excluding diaryl/α,β-unsaturated/α-hetero) is 1. The zero-order chi connectivity index (χ0) is 17.4. The first-order valence-electron chi connectivity index (χ1n) is 8.88. The zero-order valence-electron chi connectivity index (χ0n) is 14.7. The molecule has 2 aromatic rings. The molecule has 3 atom stereocenters. The van der Waals surface area contributed by atoms with Crippen LogP contribution in [0.25, 0.3) is 0 Å². The molecular weight excluding hydrogens is 314 g/mol. The van der Waals surface area contributed by atoms with Crippen LogP contribution in [0, 0.1) is 0 Å². The van der Waals surface area contributed by atoms with Gasteiger partial charge in [0.1, 0.15) is 17.9 Å². The molecule has 4 heteroatoms. The van der Waals surface area contributed by atoms with Gasteiger partial charge in [0.15, 0.2) is 11.5 Å². The number of ketones is 1. The second-order valence-corrected chi connectivity index (χ2v) is 6.94. The van der Waals surface area contributed by atoms with Gasteiger partial charge in [-0.15, -0.1) is 0 Å². The smallest absolute Gasteiger partial charge is 0.161 e. The Morgan fingerprint density at radius 1 is 0.960 bits per heavy atom. The van der Waals surface area contributed by atoms with Crippen molar-refractivity contribution < 1.29 is 19.2 Å². The van der Waals surface area contributed by atoms with Crippen LogP contribution in [0.2, 0.25) is 0 Å². The molecule has 2 aliphatic heterocycles. The average molecular weight is 338 g/mol. The van der Waals surface area contributed by atoms with Crippen LogP contribution < -0.4 is 14.4 Å². The van der Waals surface area contributed by atoms with Gasteiger partial charge in [0, 0.05) is 17.5 Å². The van der Waals surface area contributed by atoms with Crippen LogP contribution in [0.4, 0.5) is 0 Å². The van der Waals surface area contributed by atoms with Crippen molar-refractivity contribution in [2.75, 3.05) is 20.8 Å². The van der Waals surface area contributed by atoms with Crippen LogP contribution in [-0.2, 0) is 11.2 Å². The van der Waals surface area contributed by atoms with E-state index in [1.54, 1.807) is 14.2 Å². The van der Waals surface area contributed by atoms with Crippen LogP contribution in [0.15, 0.2) is 42.5 Å². The third-order valence-electron chi connectivity index (χ3n) is 5.66. The number of hydrogen-bond acceptors (Lipinski definition) is 3. The molecule has 0 aromatic heterocycles. The molecule has 1 saturated heterocycles. The van der Waals surface area contributed by atoms with Gasteiger partial charge in [0.25, 0.3) is 0 Å². The van der Waals surface area contributed by atoms with Gasteiger partial charge in [-0.25, -0.2) is 0 Å². The number of quaternary nitrogens is 1. The number of carbonyl (C=O) groups excluding carboxylic acids is 1. The number of nitrogens with one attached hydrogen (secondary N) is 1. The Morgan fingerprint density at radius 2 is 1.64 bits per heavy atom. The Hall–Kier alpha value is -2.33. The number of benzene rings is 2. The standard InChI is InChI=1S/C21H23NO3/c1-24-20-10-15-8-9-22-18(14-6-4-3-5-7-14)11-16(23)12-19(22)17(15)13-21(20)25-2/h3-7,10,13,18-19H,8-9,11-12H2,1-2H3/p+1/t18-,19?/m0/s1. The van der Waals surface area contributed by atoms with Gasteiger partial charge in [-0.2, -0.15) is 0 Å². The summed E-state index contributed by atoms with van der Waals surface area (Å²) in [6.45, 7) is 1.04. The average Bonchev–Trinajstić information content (AvgIpc) is 2.66. The minimum Gasteiger partial charge on any atom is -0.493 e. The second kappa shape index (κ2) is 6.52. The Bertz CT molecular complexity index is 787. The van der Waals surface area contributed by atoms with E-state index in [4.69, 9.17) is 9.47 Å². The molecule has 0 amide bonds. The van der Waals surface area contributed by atoms with Gasteiger partial charge in [0.05, 0.1) is 33.6 Å². The fourth-order valence-electron chi connectivity index (χ4n) is 4.48. The number of hydrogen-bond donors (Lipinski definition) is 1. The predicted octanol–water partition coefficient (Wildman–Crippen LogP) is 2.29. The fraction of sp³-hybridized carbons (Fsp3) is 0.381. The summed E-state index contributed by atoms with van der Waals surface area (Å²) in [5, 5.41) is 0. The molecule has 0 bridgehead atoms. The highest BCUT2D eigenvalue weighted by atomic mass is 16.5. The molecule has 0 spiro atoms. The summed E-state index contributed by atoms with van der Waals surface area (Å²) in [6, 6.07) is 15.1. The molecule has 25 heavy (non-hydrogen) atoms. The van der Waals surface area contributed by atoms with E-state index in [0.717, 1.165) is 24.5 Å². The van der Waals surface area contributed by atoms with Crippen LogP contribution in [0.1, 0.15) is 41.6 Å². The minimum absolute atomic E-state index is 0.204. The lowest BCUT2D eigenvalue weighted by atomic mass is 9.81. The first-order valence-corrected chi connectivity index (χ1v) is 8.88. The number of carbonyl (C=O) groups is 1. The molecule has 4 rings (SSSR count). The second-order valence-electron chi connectivity index (χ2n) is 6.94. The van der Waals surface area contributed by atoms with E-state index in [-0.39, 0.29) is 12.1 Å². The Labute approximate surface area is 148 Å². The highest BCUT2D eigenvalue weighted by Gasteiger charge is 2.43. The first kappa shape index (κ1) is 16.2. The van der Waals surface area contributed by atoms with Crippen molar-refractivity contribution in [3.8, 4) is 11.5 Å². The van der Waals surface area contributed by atoms with Gasteiger partial charge in [0.2, 0.25) is 0 Å². The van der Waals surface area contributed by atoms with Crippen molar-refractivity contribution >= 4 is 5.78 Å². The monoisotopic (exact) mass is 338 g/mol. The quantitative estimate of drug-likeness (QED) is 0.933. The van der Waals surface area contributed by atoms with E-state index >= 15 is 0 Å². The molecule has 0 radical (unpaired) electrons. The van der Waals surface area contributed by atoms with E-state index in [9.17, 15) is 4.79 Å². The molecule has 0 saturated carbocycles. The van der Waals surface area contributed by atoms with Gasteiger partial charge < -0.3 is 14.4 Å². The van der Waals surface area contributed by atoms with E-state index < -0.39 is 0 Å². The van der Waals surface area contributed by atoms with Crippen LogP contribution in [-0.4, -0.2) is 26.5 Å². The van der Waals surface area contributed by atoms with Gasteiger partial charge in [-0.05, 0) is 17.7 Å². The van der Waals surface area contributed by atoms with E-state index in [0.29, 0.717) is 18.6 Å². The lowest BCUT2D eigenvalue weighted by Crippen LogP contribution is -3.14. The summed E-state index contributed by atoms with van der Waals surface area (Å²) >= 11 is 0. The van der Waals surface area contributed by atoms with Gasteiger partial charge in [-0.1, -0.05) is 30.3 Å². The topological polar surface area (TPSA) is 40.0 Å². The number of fused-ring (bicyclic) bond motifs is 3. The SMILES string of the molecule is COc1cc2c(cc1OC)C1CC(=O)C[C@@H](c3ccccc3)[NH+]1CC2. The Balaban J connectivity index is 1.75. The molecule has 2 unspecified atom stereocenters. The van der Waals surface area contributed by atoms with Crippen molar-refractivity contribution in [2.24, 2.45) is 0 Å².